The first kappa shape index (κ1) is 12.2. The molecule has 0 radical (unpaired) electrons. The van der Waals surface area contributed by atoms with Gasteiger partial charge in [-0.05, 0) is 20.0 Å². The zero-order valence-corrected chi connectivity index (χ0v) is 9.24. The molecule has 0 N–H and O–H groups in total. The third-order valence-electron chi connectivity index (χ3n) is 2.47. The second kappa shape index (κ2) is 5.25. The van der Waals surface area contributed by atoms with Crippen LogP contribution in [0.4, 0.5) is 4.39 Å². The quantitative estimate of drug-likeness (QED) is 0.778. The van der Waals surface area contributed by atoms with Crippen LogP contribution in [0.5, 0.6) is 0 Å². The van der Waals surface area contributed by atoms with Crippen LogP contribution in [-0.2, 0) is 6.54 Å². The Morgan fingerprint density at radius 1 is 1.44 bits per heavy atom. The molecular weight excluding hydrogens is 205 g/mol. The van der Waals surface area contributed by atoms with Crippen LogP contribution in [0.3, 0.4) is 0 Å². The van der Waals surface area contributed by atoms with E-state index in [9.17, 15) is 4.39 Å². The van der Waals surface area contributed by atoms with Crippen LogP contribution in [0.25, 0.3) is 0 Å². The molecule has 0 saturated carbocycles. The van der Waals surface area contributed by atoms with Crippen LogP contribution < -0.4 is 0 Å². The first-order chi connectivity index (χ1) is 7.60. The molecule has 3 nitrogen and oxygen atoms in total. The fourth-order valence-corrected chi connectivity index (χ4v) is 1.29. The molecule has 1 aromatic rings. The number of nitrogens with zero attached hydrogens (tertiary/aromatic N) is 3. The van der Waals surface area contributed by atoms with Gasteiger partial charge >= 0.3 is 0 Å². The van der Waals surface area contributed by atoms with Gasteiger partial charge in [-0.3, -0.25) is 4.90 Å². The van der Waals surface area contributed by atoms with Crippen molar-refractivity contribution in [2.24, 2.45) is 0 Å². The van der Waals surface area contributed by atoms with Crippen LogP contribution >= 0.6 is 0 Å². The second-order valence-electron chi connectivity index (χ2n) is 3.61. The summed E-state index contributed by atoms with van der Waals surface area (Å²) in [4.78, 5) is 1.72. The predicted molar refractivity (Wildman–Crippen MR) is 57.7 cm³/mol. The molecule has 0 heterocycles. The maximum absolute atomic E-state index is 13.7. The fraction of sp³-hybridized carbons (Fsp3) is 0.333. The van der Waals surface area contributed by atoms with Crippen molar-refractivity contribution in [2.45, 2.75) is 19.5 Å². The first-order valence-corrected chi connectivity index (χ1v) is 4.87. The van der Waals surface area contributed by atoms with Crippen molar-refractivity contribution in [3.8, 4) is 12.1 Å². The molecule has 0 amide bonds. The molecule has 0 fully saturated rings. The zero-order valence-electron chi connectivity index (χ0n) is 9.24. The predicted octanol–water partition coefficient (Wildman–Crippen LogP) is 2.04. The lowest BCUT2D eigenvalue weighted by molar-refractivity contribution is 0.290. The molecular formula is C12H12FN3. The Morgan fingerprint density at radius 2 is 2.12 bits per heavy atom. The Morgan fingerprint density at radius 3 is 2.69 bits per heavy atom. The molecule has 1 unspecified atom stereocenters. The summed E-state index contributed by atoms with van der Waals surface area (Å²) in [5, 5.41) is 17.4. The average molecular weight is 217 g/mol. The van der Waals surface area contributed by atoms with E-state index in [0.717, 1.165) is 0 Å². The van der Waals surface area contributed by atoms with Gasteiger partial charge in [-0.25, -0.2) is 4.39 Å². The maximum Gasteiger partial charge on any atom is 0.145 e. The number of hydrogen-bond acceptors (Lipinski definition) is 3. The summed E-state index contributed by atoms with van der Waals surface area (Å²) in [5.41, 5.74) is 0.471. The van der Waals surface area contributed by atoms with Gasteiger partial charge in [0.1, 0.15) is 11.9 Å². The van der Waals surface area contributed by atoms with E-state index < -0.39 is 5.82 Å². The summed E-state index contributed by atoms with van der Waals surface area (Å²) in [7, 11) is 1.74. The van der Waals surface area contributed by atoms with Crippen molar-refractivity contribution in [2.75, 3.05) is 7.05 Å². The minimum Gasteiger partial charge on any atom is -0.287 e. The van der Waals surface area contributed by atoms with Crippen molar-refractivity contribution >= 4 is 0 Å². The molecule has 0 aliphatic rings. The smallest absolute Gasteiger partial charge is 0.145 e. The van der Waals surface area contributed by atoms with Gasteiger partial charge in [-0.1, -0.05) is 12.1 Å². The van der Waals surface area contributed by atoms with Crippen LogP contribution in [0.15, 0.2) is 18.2 Å². The molecule has 0 bridgehead atoms. The Kier molecular flexibility index (Phi) is 3.99. The number of benzene rings is 1. The molecule has 82 valence electrons. The first-order valence-electron chi connectivity index (χ1n) is 4.87. The molecule has 1 atom stereocenters. The summed E-state index contributed by atoms with van der Waals surface area (Å²) in [6.07, 6.45) is 0. The van der Waals surface area contributed by atoms with Crippen LogP contribution in [-0.4, -0.2) is 18.0 Å². The topological polar surface area (TPSA) is 50.8 Å². The summed E-state index contributed by atoms with van der Waals surface area (Å²) in [5.74, 6) is -0.498. The summed E-state index contributed by atoms with van der Waals surface area (Å²) >= 11 is 0. The summed E-state index contributed by atoms with van der Waals surface area (Å²) < 4.78 is 13.7. The van der Waals surface area contributed by atoms with E-state index in [1.54, 1.807) is 37.1 Å². The molecule has 1 aromatic carbocycles. The van der Waals surface area contributed by atoms with Gasteiger partial charge < -0.3 is 0 Å². The molecule has 0 aliphatic carbocycles. The van der Waals surface area contributed by atoms with Gasteiger partial charge in [0.15, 0.2) is 0 Å². The van der Waals surface area contributed by atoms with Crippen molar-refractivity contribution < 1.29 is 4.39 Å². The van der Waals surface area contributed by atoms with Gasteiger partial charge in [0.05, 0.1) is 17.7 Å². The Balaban J connectivity index is 2.92. The molecule has 16 heavy (non-hydrogen) atoms. The van der Waals surface area contributed by atoms with Gasteiger partial charge in [0.2, 0.25) is 0 Å². The van der Waals surface area contributed by atoms with Gasteiger partial charge in [-0.15, -0.1) is 0 Å². The lowest BCUT2D eigenvalue weighted by Crippen LogP contribution is -2.27. The fourth-order valence-electron chi connectivity index (χ4n) is 1.29. The van der Waals surface area contributed by atoms with Crippen LogP contribution in [0.1, 0.15) is 18.1 Å². The average Bonchev–Trinajstić information content (AvgIpc) is 2.30. The van der Waals surface area contributed by atoms with Crippen LogP contribution in [0, 0.1) is 28.5 Å². The number of halogens is 1. The maximum atomic E-state index is 13.7. The SMILES string of the molecule is CC(C#N)N(C)Cc1cccc(C#N)c1F. The minimum absolute atomic E-state index is 0.0375. The largest absolute Gasteiger partial charge is 0.287 e. The van der Waals surface area contributed by atoms with E-state index in [1.165, 1.54) is 6.07 Å². The highest BCUT2D eigenvalue weighted by atomic mass is 19.1. The number of nitriles is 2. The molecule has 1 rings (SSSR count). The van der Waals surface area contributed by atoms with Crippen molar-refractivity contribution in [3.63, 3.8) is 0 Å². The van der Waals surface area contributed by atoms with Gasteiger partial charge in [0, 0.05) is 12.1 Å². The summed E-state index contributed by atoms with van der Waals surface area (Å²) in [6.45, 7) is 2.06. The highest BCUT2D eigenvalue weighted by molar-refractivity contribution is 5.34. The van der Waals surface area contributed by atoms with E-state index in [0.29, 0.717) is 12.1 Å². The zero-order chi connectivity index (χ0) is 12.1. The molecule has 0 aromatic heterocycles. The number of hydrogen-bond donors (Lipinski definition) is 0. The van der Waals surface area contributed by atoms with Gasteiger partial charge in [-0.2, -0.15) is 10.5 Å². The lowest BCUT2D eigenvalue weighted by atomic mass is 10.1. The Hall–Kier alpha value is -1.91. The molecule has 0 aliphatic heterocycles. The standard InChI is InChI=1S/C12H12FN3/c1-9(6-14)16(2)8-11-5-3-4-10(7-15)12(11)13/h3-5,9H,8H2,1-2H3. The van der Waals surface area contributed by atoms with E-state index in [2.05, 4.69) is 6.07 Å². The van der Waals surface area contributed by atoms with E-state index in [1.807, 2.05) is 0 Å². The monoisotopic (exact) mass is 217 g/mol. The highest BCUT2D eigenvalue weighted by Crippen LogP contribution is 2.14. The highest BCUT2D eigenvalue weighted by Gasteiger charge is 2.12. The minimum atomic E-state index is -0.498. The van der Waals surface area contributed by atoms with Crippen molar-refractivity contribution in [1.82, 2.24) is 4.90 Å². The molecule has 0 spiro atoms. The molecule has 4 heteroatoms. The molecule has 0 saturated heterocycles. The van der Waals surface area contributed by atoms with E-state index in [4.69, 9.17) is 10.5 Å². The third-order valence-corrected chi connectivity index (χ3v) is 2.47. The Bertz CT molecular complexity index is 456. The number of rotatable bonds is 3. The van der Waals surface area contributed by atoms with Crippen LogP contribution in [0.2, 0.25) is 0 Å². The third kappa shape index (κ3) is 2.56. The van der Waals surface area contributed by atoms with Gasteiger partial charge in [0.25, 0.3) is 0 Å². The second-order valence-corrected chi connectivity index (χ2v) is 3.61. The Labute approximate surface area is 94.3 Å². The van der Waals surface area contributed by atoms with Crippen molar-refractivity contribution in [3.05, 3.63) is 35.1 Å². The van der Waals surface area contributed by atoms with E-state index >= 15 is 0 Å². The normalized spacial score (nSPS) is 11.9. The van der Waals surface area contributed by atoms with E-state index in [-0.39, 0.29) is 11.6 Å². The summed E-state index contributed by atoms with van der Waals surface area (Å²) in [6, 6.07) is 8.28. The lowest BCUT2D eigenvalue weighted by Gasteiger charge is -2.19. The van der Waals surface area contributed by atoms with Crippen molar-refractivity contribution in [1.29, 1.82) is 10.5 Å².